The smallest absolute Gasteiger partial charge is 0.0440 e. The van der Waals surface area contributed by atoms with Crippen LogP contribution in [0.2, 0.25) is 0 Å². The molecule has 0 spiro atoms. The lowest BCUT2D eigenvalue weighted by atomic mass is 9.84. The summed E-state index contributed by atoms with van der Waals surface area (Å²) in [6.07, 6.45) is 0. The number of hydrogen-bond donors (Lipinski definition) is 0. The molecule has 63 heavy (non-hydrogen) atoms. The summed E-state index contributed by atoms with van der Waals surface area (Å²) in [5, 5.41) is 23.3. The van der Waals surface area contributed by atoms with Crippen molar-refractivity contribution in [2.75, 3.05) is 0 Å². The van der Waals surface area contributed by atoms with Gasteiger partial charge in [-0.2, -0.15) is 0 Å². The molecule has 1 aromatic heterocycles. The first kappa shape index (κ1) is 34.8. The lowest BCUT2D eigenvalue weighted by Gasteiger charge is -2.19. The monoisotopic (exact) mass is 812 g/mol. The first-order chi connectivity index (χ1) is 31.2. The van der Waals surface area contributed by atoms with Gasteiger partial charge in [-0.3, -0.25) is 0 Å². The zero-order chi connectivity index (χ0) is 41.2. The predicted molar refractivity (Wildman–Crippen MR) is 276 cm³/mol. The van der Waals surface area contributed by atoms with E-state index < -0.39 is 0 Å². The van der Waals surface area contributed by atoms with E-state index in [0.717, 1.165) is 0 Å². The molecule has 0 fully saturated rings. The van der Waals surface area contributed by atoms with Crippen LogP contribution in [0.4, 0.5) is 0 Å². The van der Waals surface area contributed by atoms with Gasteiger partial charge in [-0.1, -0.05) is 200 Å². The molecule has 0 atom stereocenters. The second kappa shape index (κ2) is 13.3. The van der Waals surface area contributed by atoms with Crippen LogP contribution in [0.15, 0.2) is 218 Å². The Hall–Kier alpha value is -7.84. The third kappa shape index (κ3) is 5.09. The van der Waals surface area contributed by atoms with Crippen LogP contribution in [0.3, 0.4) is 0 Å². The number of hydrogen-bond acceptors (Lipinski definition) is 1. The average molecular weight is 813 g/mol. The Bertz CT molecular complexity index is 4180. The van der Waals surface area contributed by atoms with Gasteiger partial charge >= 0.3 is 0 Å². The second-order valence-corrected chi connectivity index (χ2v) is 18.1. The molecule has 0 saturated carbocycles. The van der Waals surface area contributed by atoms with Crippen molar-refractivity contribution in [3.05, 3.63) is 218 Å². The van der Waals surface area contributed by atoms with Crippen molar-refractivity contribution < 1.29 is 0 Å². The van der Waals surface area contributed by atoms with Gasteiger partial charge in [-0.05, 0) is 132 Å². The highest BCUT2D eigenvalue weighted by molar-refractivity contribution is 7.27. The molecule has 0 aliphatic rings. The van der Waals surface area contributed by atoms with Gasteiger partial charge in [-0.15, -0.1) is 11.3 Å². The molecular formula is C62H36S. The molecule has 0 unspecified atom stereocenters. The lowest BCUT2D eigenvalue weighted by molar-refractivity contribution is 1.67. The molecule has 290 valence electrons. The summed E-state index contributed by atoms with van der Waals surface area (Å²) in [5.41, 5.74) is 7.54. The van der Waals surface area contributed by atoms with E-state index in [2.05, 4.69) is 218 Å². The Morgan fingerprint density at radius 3 is 1.41 bits per heavy atom. The number of rotatable bonds is 3. The lowest BCUT2D eigenvalue weighted by Crippen LogP contribution is -1.91. The fraction of sp³-hybridized carbons (Fsp3) is 0. The van der Waals surface area contributed by atoms with Crippen LogP contribution < -0.4 is 0 Å². The Labute approximate surface area is 367 Å². The Balaban J connectivity index is 0.916. The molecule has 13 aromatic carbocycles. The summed E-state index contributed by atoms with van der Waals surface area (Å²) in [7, 11) is 0. The first-order valence-corrected chi connectivity index (χ1v) is 22.6. The van der Waals surface area contributed by atoms with Crippen molar-refractivity contribution in [2.24, 2.45) is 0 Å². The highest BCUT2D eigenvalue weighted by atomic mass is 32.1. The van der Waals surface area contributed by atoms with Crippen molar-refractivity contribution >= 4 is 118 Å². The summed E-state index contributed by atoms with van der Waals surface area (Å²) in [6, 6.07) is 81.6. The molecule has 1 heteroatoms. The molecule has 0 radical (unpaired) electrons. The molecule has 0 bridgehead atoms. The molecule has 0 aliphatic carbocycles. The third-order valence-electron chi connectivity index (χ3n) is 13.8. The fourth-order valence-electron chi connectivity index (χ4n) is 10.9. The number of benzene rings is 13. The van der Waals surface area contributed by atoms with Gasteiger partial charge in [-0.25, -0.2) is 0 Å². The van der Waals surface area contributed by atoms with Crippen LogP contribution in [0, 0.1) is 0 Å². The van der Waals surface area contributed by atoms with E-state index in [0.29, 0.717) is 0 Å². The minimum absolute atomic E-state index is 1.23. The standard InChI is InChI=1S/C62H36S/c1-3-15-44-37(12-1)14-11-23-48(44)59-52-21-9-7-19-50(52)58(51-20-8-10-22-53(51)59)43-27-26-39-34-40(24-25-41(39)35-43)42-29-30-47-54-32-33-56-55-31-28-38-13-2-4-16-45(38)61(55)63-62(56)60(54)49-18-6-5-17-46(49)57(47)36-42/h1-36H. The molecule has 0 N–H and O–H groups in total. The molecule has 14 aromatic rings. The minimum Gasteiger partial charge on any atom is -0.134 e. The van der Waals surface area contributed by atoms with E-state index in [9.17, 15) is 0 Å². The van der Waals surface area contributed by atoms with Gasteiger partial charge in [0.1, 0.15) is 0 Å². The average Bonchev–Trinajstić information content (AvgIpc) is 3.74. The minimum atomic E-state index is 1.23. The van der Waals surface area contributed by atoms with Crippen molar-refractivity contribution in [1.82, 2.24) is 0 Å². The maximum Gasteiger partial charge on any atom is 0.0440 e. The van der Waals surface area contributed by atoms with E-state index in [4.69, 9.17) is 0 Å². The van der Waals surface area contributed by atoms with E-state index in [1.54, 1.807) is 0 Å². The molecular weight excluding hydrogens is 777 g/mol. The van der Waals surface area contributed by atoms with Gasteiger partial charge in [0.15, 0.2) is 0 Å². The number of thiophene rings is 1. The van der Waals surface area contributed by atoms with Crippen LogP contribution in [0.1, 0.15) is 0 Å². The van der Waals surface area contributed by atoms with Crippen LogP contribution in [0.25, 0.3) is 140 Å². The number of fused-ring (bicyclic) bond motifs is 16. The quantitative estimate of drug-likeness (QED) is 0.123. The van der Waals surface area contributed by atoms with Crippen molar-refractivity contribution in [1.29, 1.82) is 0 Å². The van der Waals surface area contributed by atoms with Gasteiger partial charge in [0.2, 0.25) is 0 Å². The van der Waals surface area contributed by atoms with Crippen LogP contribution in [0.5, 0.6) is 0 Å². The third-order valence-corrected chi connectivity index (χ3v) is 15.1. The summed E-state index contributed by atoms with van der Waals surface area (Å²) in [6.45, 7) is 0. The summed E-state index contributed by atoms with van der Waals surface area (Å²) in [4.78, 5) is 0. The van der Waals surface area contributed by atoms with Gasteiger partial charge in [0.25, 0.3) is 0 Å². The first-order valence-electron chi connectivity index (χ1n) is 21.8. The summed E-state index contributed by atoms with van der Waals surface area (Å²) < 4.78 is 2.74. The molecule has 14 rings (SSSR count). The molecule has 0 aliphatic heterocycles. The van der Waals surface area contributed by atoms with E-state index >= 15 is 0 Å². The normalized spacial score (nSPS) is 12.1. The zero-order valence-corrected chi connectivity index (χ0v) is 35.0. The van der Waals surface area contributed by atoms with Crippen LogP contribution in [-0.2, 0) is 0 Å². The van der Waals surface area contributed by atoms with Crippen LogP contribution in [-0.4, -0.2) is 0 Å². The highest BCUT2D eigenvalue weighted by Gasteiger charge is 2.19. The van der Waals surface area contributed by atoms with Gasteiger partial charge < -0.3 is 0 Å². The van der Waals surface area contributed by atoms with E-state index in [1.807, 2.05) is 11.3 Å². The Morgan fingerprint density at radius 2 is 0.667 bits per heavy atom. The highest BCUT2D eigenvalue weighted by Crippen LogP contribution is 2.48. The SMILES string of the molecule is c1ccc2c(-c3c4ccccc4c(-c4ccc5cc(-c6ccc7c(c6)c6ccccc6c6c7ccc7c8ccc9ccccc9c8sc76)ccc5c4)c4ccccc34)cccc2c1. The predicted octanol–water partition coefficient (Wildman–Crippen LogP) is 18.3. The molecule has 0 saturated heterocycles. The van der Waals surface area contributed by atoms with Crippen molar-refractivity contribution in [3.8, 4) is 33.4 Å². The van der Waals surface area contributed by atoms with Crippen molar-refractivity contribution in [2.45, 2.75) is 0 Å². The molecule has 1 heterocycles. The molecule has 0 nitrogen and oxygen atoms in total. The second-order valence-electron chi connectivity index (χ2n) is 17.1. The maximum absolute atomic E-state index is 2.42. The van der Waals surface area contributed by atoms with Crippen molar-refractivity contribution in [3.63, 3.8) is 0 Å². The van der Waals surface area contributed by atoms with Crippen LogP contribution >= 0.6 is 11.3 Å². The Kier molecular flexibility index (Phi) is 7.37. The fourth-order valence-corrected chi connectivity index (χ4v) is 12.3. The van der Waals surface area contributed by atoms with Gasteiger partial charge in [0.05, 0.1) is 0 Å². The van der Waals surface area contributed by atoms with Gasteiger partial charge in [0, 0.05) is 25.6 Å². The zero-order valence-electron chi connectivity index (χ0n) is 34.2. The summed E-state index contributed by atoms with van der Waals surface area (Å²) >= 11 is 1.95. The summed E-state index contributed by atoms with van der Waals surface area (Å²) in [5.74, 6) is 0. The Morgan fingerprint density at radius 1 is 0.222 bits per heavy atom. The largest absolute Gasteiger partial charge is 0.134 e. The molecule has 0 amide bonds. The van der Waals surface area contributed by atoms with E-state index in [1.165, 1.54) is 140 Å². The van der Waals surface area contributed by atoms with E-state index in [-0.39, 0.29) is 0 Å². The topological polar surface area (TPSA) is 0 Å². The maximum atomic E-state index is 2.42.